The van der Waals surface area contributed by atoms with Crippen LogP contribution < -0.4 is 5.32 Å². The molecule has 0 bridgehead atoms. The number of nitrogens with one attached hydrogen (secondary N) is 1. The molecule has 6 nitrogen and oxygen atoms in total. The number of aromatic nitrogens is 3. The summed E-state index contributed by atoms with van der Waals surface area (Å²) in [4.78, 5) is 18.1. The van der Waals surface area contributed by atoms with E-state index in [9.17, 15) is 0 Å². The van der Waals surface area contributed by atoms with Crippen molar-refractivity contribution in [1.29, 1.82) is 0 Å². The summed E-state index contributed by atoms with van der Waals surface area (Å²) in [5.74, 6) is 1.38. The number of rotatable bonds is 5. The number of nitrogens with zero attached hydrogens (tertiary/aromatic N) is 5. The van der Waals surface area contributed by atoms with E-state index >= 15 is 0 Å². The molecule has 0 spiro atoms. The van der Waals surface area contributed by atoms with Gasteiger partial charge < -0.3 is 5.32 Å². The minimum absolute atomic E-state index is 0.399. The van der Waals surface area contributed by atoms with E-state index in [-0.39, 0.29) is 0 Å². The SMILES string of the molecule is Cc1cn2c(C3=C4C(C)C4N=C3)cnc2c(Nc2ccc(CN3CCCCC3)s2)n1. The summed E-state index contributed by atoms with van der Waals surface area (Å²) >= 11 is 1.81. The molecular formula is C23H26N6S. The molecule has 0 amide bonds. The second-order valence-corrected chi connectivity index (χ2v) is 9.84. The fourth-order valence-corrected chi connectivity index (χ4v) is 5.76. The zero-order chi connectivity index (χ0) is 20.2. The lowest BCUT2D eigenvalue weighted by Crippen LogP contribution is -2.28. The lowest BCUT2D eigenvalue weighted by molar-refractivity contribution is 0.222. The maximum atomic E-state index is 4.76. The smallest absolute Gasteiger partial charge is 0.180 e. The molecule has 3 aromatic rings. The number of hydrogen-bond acceptors (Lipinski definition) is 6. The molecule has 30 heavy (non-hydrogen) atoms. The van der Waals surface area contributed by atoms with Gasteiger partial charge in [0, 0.05) is 35.3 Å². The number of hydrogen-bond donors (Lipinski definition) is 1. The first-order valence-corrected chi connectivity index (χ1v) is 11.7. The van der Waals surface area contributed by atoms with Crippen LogP contribution >= 0.6 is 11.3 Å². The van der Waals surface area contributed by atoms with Gasteiger partial charge in [-0.05, 0) is 50.6 Å². The fraction of sp³-hybridized carbons (Fsp3) is 0.435. The predicted molar refractivity (Wildman–Crippen MR) is 123 cm³/mol. The van der Waals surface area contributed by atoms with Gasteiger partial charge in [0.15, 0.2) is 11.5 Å². The average Bonchev–Trinajstić information content (AvgIpc) is 3.18. The average molecular weight is 419 g/mol. The monoisotopic (exact) mass is 418 g/mol. The number of thiophene rings is 1. The summed E-state index contributed by atoms with van der Waals surface area (Å²) < 4.78 is 2.16. The molecule has 2 atom stereocenters. The molecule has 2 fully saturated rings. The van der Waals surface area contributed by atoms with E-state index in [0.717, 1.165) is 34.4 Å². The molecule has 7 heteroatoms. The molecule has 0 radical (unpaired) electrons. The molecule has 3 aliphatic rings. The molecule has 2 aliphatic heterocycles. The van der Waals surface area contributed by atoms with E-state index < -0.39 is 0 Å². The van der Waals surface area contributed by atoms with Gasteiger partial charge in [-0.15, -0.1) is 11.3 Å². The summed E-state index contributed by atoms with van der Waals surface area (Å²) in [5.41, 5.74) is 5.62. The maximum absolute atomic E-state index is 4.76. The van der Waals surface area contributed by atoms with Crippen molar-refractivity contribution >= 4 is 39.6 Å². The van der Waals surface area contributed by atoms with Gasteiger partial charge in [0.05, 0.1) is 28.6 Å². The number of allylic oxidation sites excluding steroid dienone is 1. The maximum Gasteiger partial charge on any atom is 0.180 e. The number of likely N-dealkylation sites (tertiary alicyclic amines) is 1. The van der Waals surface area contributed by atoms with Crippen LogP contribution in [0.4, 0.5) is 10.8 Å². The standard InChI is InChI=1S/C23H26N6S/c1-14-12-29-18(17-10-24-21-15(2)20(17)21)11-25-23(29)22(26-14)27-19-7-6-16(30-19)13-28-8-4-3-5-9-28/h6-7,10-12,15,21H,3-5,8-9,13H2,1-2H3,(H,26,27). The van der Waals surface area contributed by atoms with Gasteiger partial charge >= 0.3 is 0 Å². The minimum Gasteiger partial charge on any atom is -0.329 e. The summed E-state index contributed by atoms with van der Waals surface area (Å²) in [7, 11) is 0. The first-order valence-electron chi connectivity index (χ1n) is 10.9. The van der Waals surface area contributed by atoms with Crippen LogP contribution in [0.5, 0.6) is 0 Å². The first kappa shape index (κ1) is 18.3. The molecule has 3 aromatic heterocycles. The predicted octanol–water partition coefficient (Wildman–Crippen LogP) is 4.69. The Balaban J connectivity index is 1.28. The van der Waals surface area contributed by atoms with E-state index in [0.29, 0.717) is 12.0 Å². The Hall–Kier alpha value is -2.51. The summed E-state index contributed by atoms with van der Waals surface area (Å²) in [6.07, 6.45) is 10.1. The summed E-state index contributed by atoms with van der Waals surface area (Å²) in [6.45, 7) is 7.77. The van der Waals surface area contributed by atoms with Crippen molar-refractivity contribution in [3.63, 3.8) is 0 Å². The highest BCUT2D eigenvalue weighted by molar-refractivity contribution is 7.16. The molecule has 2 unspecified atom stereocenters. The van der Waals surface area contributed by atoms with Gasteiger partial charge in [0.1, 0.15) is 0 Å². The van der Waals surface area contributed by atoms with Crippen LogP contribution in [0.25, 0.3) is 11.2 Å². The van der Waals surface area contributed by atoms with Gasteiger partial charge in [-0.1, -0.05) is 13.3 Å². The minimum atomic E-state index is 0.399. The third-order valence-electron chi connectivity index (χ3n) is 6.47. The Morgan fingerprint density at radius 3 is 2.87 bits per heavy atom. The van der Waals surface area contributed by atoms with E-state index in [2.05, 4.69) is 44.9 Å². The number of imidazole rings is 1. The van der Waals surface area contributed by atoms with Crippen molar-refractivity contribution in [1.82, 2.24) is 19.3 Å². The lowest BCUT2D eigenvalue weighted by Gasteiger charge is -2.25. The molecule has 5 heterocycles. The Morgan fingerprint density at radius 1 is 1.20 bits per heavy atom. The van der Waals surface area contributed by atoms with Crippen molar-refractivity contribution in [2.24, 2.45) is 10.9 Å². The van der Waals surface area contributed by atoms with Gasteiger partial charge in [-0.25, -0.2) is 9.97 Å². The topological polar surface area (TPSA) is 57.8 Å². The van der Waals surface area contributed by atoms with E-state index in [1.807, 2.05) is 30.7 Å². The molecule has 1 aliphatic carbocycles. The molecular weight excluding hydrogens is 392 g/mol. The van der Waals surface area contributed by atoms with Crippen LogP contribution in [0.1, 0.15) is 42.5 Å². The molecule has 1 saturated carbocycles. The third kappa shape index (κ3) is 3.08. The Bertz CT molecular complexity index is 1180. The highest BCUT2D eigenvalue weighted by atomic mass is 32.1. The van der Waals surface area contributed by atoms with Crippen LogP contribution in [0.3, 0.4) is 0 Å². The molecule has 0 aromatic carbocycles. The van der Waals surface area contributed by atoms with Crippen LogP contribution in [-0.2, 0) is 6.54 Å². The molecule has 154 valence electrons. The van der Waals surface area contributed by atoms with Crippen LogP contribution in [-0.4, -0.2) is 44.6 Å². The number of anilines is 2. The Labute approximate surface area is 180 Å². The summed E-state index contributed by atoms with van der Waals surface area (Å²) in [5, 5.41) is 4.65. The molecule has 1 N–H and O–H groups in total. The van der Waals surface area contributed by atoms with Gasteiger partial charge in [-0.3, -0.25) is 14.3 Å². The number of dihydropyridines is 1. The van der Waals surface area contributed by atoms with Crippen molar-refractivity contribution in [2.45, 2.75) is 45.7 Å². The van der Waals surface area contributed by atoms with Gasteiger partial charge in [0.2, 0.25) is 0 Å². The van der Waals surface area contributed by atoms with Crippen LogP contribution in [0.2, 0.25) is 0 Å². The molecule has 1 saturated heterocycles. The molecule has 6 rings (SSSR count). The normalized spacial score (nSPS) is 23.4. The number of aliphatic imine (C=N–C) groups is 1. The van der Waals surface area contributed by atoms with Crippen molar-refractivity contribution in [2.75, 3.05) is 18.4 Å². The second-order valence-electron chi connectivity index (χ2n) is 8.68. The van der Waals surface area contributed by atoms with E-state index in [1.165, 1.54) is 48.4 Å². The first-order chi connectivity index (χ1) is 14.7. The summed E-state index contributed by atoms with van der Waals surface area (Å²) in [6, 6.07) is 4.80. The van der Waals surface area contributed by atoms with E-state index in [1.54, 1.807) is 0 Å². The zero-order valence-corrected chi connectivity index (χ0v) is 18.2. The highest BCUT2D eigenvalue weighted by Crippen LogP contribution is 2.49. The van der Waals surface area contributed by atoms with E-state index in [4.69, 9.17) is 9.97 Å². The fourth-order valence-electron chi connectivity index (χ4n) is 4.81. The second kappa shape index (κ2) is 7.03. The quantitative estimate of drug-likeness (QED) is 0.653. The highest BCUT2D eigenvalue weighted by Gasteiger charge is 2.45. The number of aryl methyl sites for hydroxylation is 1. The van der Waals surface area contributed by atoms with Crippen molar-refractivity contribution < 1.29 is 0 Å². The third-order valence-corrected chi connectivity index (χ3v) is 7.45. The van der Waals surface area contributed by atoms with Crippen LogP contribution in [0.15, 0.2) is 35.1 Å². The Morgan fingerprint density at radius 2 is 2.07 bits per heavy atom. The van der Waals surface area contributed by atoms with Gasteiger partial charge in [-0.2, -0.15) is 0 Å². The zero-order valence-electron chi connectivity index (χ0n) is 17.4. The lowest BCUT2D eigenvalue weighted by atomic mass is 10.1. The van der Waals surface area contributed by atoms with Crippen molar-refractivity contribution in [3.8, 4) is 0 Å². The Kier molecular flexibility index (Phi) is 4.28. The van der Waals surface area contributed by atoms with Gasteiger partial charge in [0.25, 0.3) is 0 Å². The largest absolute Gasteiger partial charge is 0.329 e. The number of piperidine rings is 1. The van der Waals surface area contributed by atoms with Crippen molar-refractivity contribution in [3.05, 3.63) is 46.4 Å². The van der Waals surface area contributed by atoms with Crippen LogP contribution in [0, 0.1) is 12.8 Å². The number of fused-ring (bicyclic) bond motifs is 2.